The third kappa shape index (κ3) is 6.39. The van der Waals surface area contributed by atoms with Crippen molar-refractivity contribution in [2.75, 3.05) is 21.3 Å². The van der Waals surface area contributed by atoms with Crippen LogP contribution in [-0.2, 0) is 13.2 Å². The van der Waals surface area contributed by atoms with Crippen molar-refractivity contribution < 1.29 is 23.7 Å². The Morgan fingerprint density at radius 3 is 1.96 bits per heavy atom. The number of nitrogens with one attached hydrogen (secondary N) is 1. The van der Waals surface area contributed by atoms with Gasteiger partial charge in [0, 0.05) is 36.4 Å². The lowest BCUT2D eigenvalue weighted by Gasteiger charge is -2.36. The van der Waals surface area contributed by atoms with E-state index in [0.29, 0.717) is 23.3 Å². The molecule has 3 aromatic carbocycles. The van der Waals surface area contributed by atoms with E-state index in [4.69, 9.17) is 30.5 Å². The normalized spacial score (nSPS) is 20.6. The van der Waals surface area contributed by atoms with Crippen LogP contribution in [0.15, 0.2) is 65.6 Å². The molecule has 2 bridgehead atoms. The molecule has 3 aliphatic rings. The minimum atomic E-state index is -0.411. The van der Waals surface area contributed by atoms with Crippen LogP contribution in [0.25, 0.3) is 10.9 Å². The number of fused-ring (bicyclic) bond motifs is 3. The SMILES string of the molecule is COc1ccc(COc2cc3c(c(Cl)c2OCc2ccc(OC)cc2)c(=O)c(C(=O)NC2C[C@H]4CC[C@@H](C2)N4C)cn3C2CC2)cc1. The second-order valence-electron chi connectivity index (χ2n) is 12.9. The zero-order valence-electron chi connectivity index (χ0n) is 27.0. The van der Waals surface area contributed by atoms with Crippen LogP contribution in [0.4, 0.5) is 0 Å². The highest BCUT2D eigenvalue weighted by Crippen LogP contribution is 2.44. The Labute approximate surface area is 279 Å². The van der Waals surface area contributed by atoms with Crippen molar-refractivity contribution in [1.29, 1.82) is 0 Å². The number of pyridine rings is 1. The number of ether oxygens (including phenoxy) is 4. The summed E-state index contributed by atoms with van der Waals surface area (Å²) in [5.74, 6) is 1.81. The van der Waals surface area contributed by atoms with Crippen LogP contribution in [0, 0.1) is 0 Å². The third-order valence-corrected chi connectivity index (χ3v) is 10.3. The van der Waals surface area contributed by atoms with Gasteiger partial charge in [0.2, 0.25) is 5.43 Å². The lowest BCUT2D eigenvalue weighted by atomic mass is 9.97. The van der Waals surface area contributed by atoms with E-state index in [9.17, 15) is 9.59 Å². The van der Waals surface area contributed by atoms with Crippen LogP contribution in [0.3, 0.4) is 0 Å². The average Bonchev–Trinajstić information content (AvgIpc) is 3.90. The van der Waals surface area contributed by atoms with Gasteiger partial charge in [0.05, 0.1) is 30.1 Å². The largest absolute Gasteiger partial charge is 0.497 e. The molecule has 3 heterocycles. The molecule has 10 heteroatoms. The molecule has 0 spiro atoms. The Bertz CT molecular complexity index is 1820. The first-order valence-electron chi connectivity index (χ1n) is 16.3. The van der Waals surface area contributed by atoms with Crippen molar-refractivity contribution in [3.05, 3.63) is 92.7 Å². The maximum atomic E-state index is 14.2. The van der Waals surface area contributed by atoms with Gasteiger partial charge in [0.25, 0.3) is 5.91 Å². The van der Waals surface area contributed by atoms with Crippen molar-refractivity contribution in [2.45, 2.75) is 75.9 Å². The van der Waals surface area contributed by atoms with Gasteiger partial charge in [-0.15, -0.1) is 0 Å². The molecule has 7 rings (SSSR count). The number of benzene rings is 3. The zero-order chi connectivity index (χ0) is 32.7. The van der Waals surface area contributed by atoms with Gasteiger partial charge in [-0.05, 0) is 81.0 Å². The fourth-order valence-electron chi connectivity index (χ4n) is 7.03. The quantitative estimate of drug-likeness (QED) is 0.196. The van der Waals surface area contributed by atoms with Gasteiger partial charge in [-0.25, -0.2) is 0 Å². The van der Waals surface area contributed by atoms with Gasteiger partial charge in [-0.3, -0.25) is 9.59 Å². The number of nitrogens with zero attached hydrogens (tertiary/aromatic N) is 2. The van der Waals surface area contributed by atoms with E-state index in [1.54, 1.807) is 20.4 Å². The first-order chi connectivity index (χ1) is 22.8. The molecule has 3 atom stereocenters. The summed E-state index contributed by atoms with van der Waals surface area (Å²) < 4.78 is 25.3. The fourth-order valence-corrected chi connectivity index (χ4v) is 7.36. The molecular weight excluding hydrogens is 618 g/mol. The molecule has 1 saturated carbocycles. The van der Waals surface area contributed by atoms with Gasteiger partial charge >= 0.3 is 0 Å². The number of methoxy groups -OCH3 is 2. The highest BCUT2D eigenvalue weighted by molar-refractivity contribution is 6.37. The van der Waals surface area contributed by atoms with E-state index in [2.05, 4.69) is 17.3 Å². The molecular formula is C37H40ClN3O6. The van der Waals surface area contributed by atoms with Gasteiger partial charge in [-0.2, -0.15) is 0 Å². The number of rotatable bonds is 11. The second-order valence-corrected chi connectivity index (χ2v) is 13.3. The average molecular weight is 658 g/mol. The summed E-state index contributed by atoms with van der Waals surface area (Å²) in [6.07, 6.45) is 7.69. The number of carbonyl (C=O) groups is 1. The summed E-state index contributed by atoms with van der Waals surface area (Å²) >= 11 is 7.12. The monoisotopic (exact) mass is 657 g/mol. The molecule has 2 aliphatic heterocycles. The lowest BCUT2D eigenvalue weighted by Crippen LogP contribution is -2.49. The van der Waals surface area contributed by atoms with E-state index >= 15 is 0 Å². The minimum absolute atomic E-state index is 0.0354. The highest BCUT2D eigenvalue weighted by Gasteiger charge is 2.39. The Balaban J connectivity index is 1.25. The second kappa shape index (κ2) is 13.1. The number of amides is 1. The van der Waals surface area contributed by atoms with Gasteiger partial charge in [-0.1, -0.05) is 35.9 Å². The summed E-state index contributed by atoms with van der Waals surface area (Å²) in [5, 5.41) is 3.59. The molecule has 1 amide bonds. The fraction of sp³-hybridized carbons (Fsp3) is 0.405. The van der Waals surface area contributed by atoms with Crippen LogP contribution >= 0.6 is 11.6 Å². The van der Waals surface area contributed by atoms with Crippen molar-refractivity contribution in [1.82, 2.24) is 14.8 Å². The number of halogens is 1. The molecule has 9 nitrogen and oxygen atoms in total. The molecule has 0 radical (unpaired) electrons. The first kappa shape index (κ1) is 31.4. The van der Waals surface area contributed by atoms with Crippen LogP contribution in [0.2, 0.25) is 5.02 Å². The van der Waals surface area contributed by atoms with Crippen LogP contribution < -0.4 is 29.7 Å². The molecule has 1 N–H and O–H groups in total. The van der Waals surface area contributed by atoms with Crippen molar-refractivity contribution >= 4 is 28.4 Å². The Morgan fingerprint density at radius 1 is 0.851 bits per heavy atom. The minimum Gasteiger partial charge on any atom is -0.497 e. The Kier molecular flexibility index (Phi) is 8.77. The molecule has 1 unspecified atom stereocenters. The van der Waals surface area contributed by atoms with Gasteiger partial charge in [0.1, 0.15) is 30.3 Å². The molecule has 3 fully saturated rings. The molecule has 47 heavy (non-hydrogen) atoms. The zero-order valence-corrected chi connectivity index (χ0v) is 27.7. The predicted molar refractivity (Wildman–Crippen MR) is 181 cm³/mol. The smallest absolute Gasteiger partial charge is 0.256 e. The molecule has 2 saturated heterocycles. The number of aromatic nitrogens is 1. The third-order valence-electron chi connectivity index (χ3n) is 9.90. The maximum absolute atomic E-state index is 14.2. The lowest BCUT2D eigenvalue weighted by molar-refractivity contribution is 0.0881. The van der Waals surface area contributed by atoms with E-state index in [-0.39, 0.29) is 52.9 Å². The van der Waals surface area contributed by atoms with E-state index in [0.717, 1.165) is 61.2 Å². The number of piperidine rings is 1. The predicted octanol–water partition coefficient (Wildman–Crippen LogP) is 6.52. The summed E-state index contributed by atoms with van der Waals surface area (Å²) in [5.41, 5.74) is 2.13. The van der Waals surface area contributed by atoms with E-state index in [1.807, 2.05) is 59.2 Å². The standard InChI is InChI=1S/C37H40ClN3O6/c1-40-26-10-11-27(40)17-24(16-26)39-37(43)30-19-41(25-8-9-25)31-18-32(46-20-22-4-12-28(44-2)13-5-22)36(34(38)33(31)35(30)42)47-21-23-6-14-29(45-3)15-7-23/h4-7,12-15,18-19,24-27H,8-11,16-17,20-21H2,1-3H3,(H,39,43)/t24?,26-,27+. The molecule has 246 valence electrons. The van der Waals surface area contributed by atoms with Crippen LogP contribution in [0.1, 0.15) is 66.1 Å². The van der Waals surface area contributed by atoms with E-state index < -0.39 is 5.43 Å². The Morgan fingerprint density at radius 2 is 1.40 bits per heavy atom. The molecule has 1 aromatic heterocycles. The van der Waals surface area contributed by atoms with Crippen LogP contribution in [-0.4, -0.2) is 54.8 Å². The summed E-state index contributed by atoms with van der Waals surface area (Å²) in [6, 6.07) is 18.1. The van der Waals surface area contributed by atoms with Crippen molar-refractivity contribution in [3.8, 4) is 23.0 Å². The number of hydrogen-bond acceptors (Lipinski definition) is 7. The van der Waals surface area contributed by atoms with Crippen molar-refractivity contribution in [3.63, 3.8) is 0 Å². The maximum Gasteiger partial charge on any atom is 0.256 e. The van der Waals surface area contributed by atoms with Gasteiger partial charge in [0.15, 0.2) is 11.5 Å². The number of hydrogen-bond donors (Lipinski definition) is 1. The molecule has 4 aromatic rings. The summed E-state index contributed by atoms with van der Waals surface area (Å²) in [7, 11) is 5.41. The molecule has 1 aliphatic carbocycles. The van der Waals surface area contributed by atoms with Gasteiger partial charge < -0.3 is 33.7 Å². The number of carbonyl (C=O) groups excluding carboxylic acids is 1. The highest BCUT2D eigenvalue weighted by atomic mass is 35.5. The van der Waals surface area contributed by atoms with Crippen molar-refractivity contribution in [2.24, 2.45) is 0 Å². The van der Waals surface area contributed by atoms with Crippen LogP contribution in [0.5, 0.6) is 23.0 Å². The first-order valence-corrected chi connectivity index (χ1v) is 16.7. The van der Waals surface area contributed by atoms with E-state index in [1.165, 1.54) is 0 Å². The Hall–Kier alpha value is -4.21. The summed E-state index contributed by atoms with van der Waals surface area (Å²) in [6.45, 7) is 0.432. The summed E-state index contributed by atoms with van der Waals surface area (Å²) in [4.78, 5) is 30.4. The topological polar surface area (TPSA) is 91.3 Å².